The smallest absolute Gasteiger partial charge is 0.271 e. The van der Waals surface area contributed by atoms with Crippen LogP contribution in [0.15, 0.2) is 44.4 Å². The highest BCUT2D eigenvalue weighted by molar-refractivity contribution is 9.10. The van der Waals surface area contributed by atoms with E-state index in [1.807, 2.05) is 6.07 Å². The Hall–Kier alpha value is -1.36. The van der Waals surface area contributed by atoms with Gasteiger partial charge in [0.25, 0.3) is 10.0 Å². The number of nitrogens with zero attached hydrogens (tertiary/aromatic N) is 1. The number of hydrogen-bond donors (Lipinski definition) is 1. The normalized spacial score (nSPS) is 10.9. The van der Waals surface area contributed by atoms with Gasteiger partial charge in [-0.05, 0) is 29.6 Å². The lowest BCUT2D eigenvalue weighted by Gasteiger charge is -2.08. The third-order valence-electron chi connectivity index (χ3n) is 2.11. The van der Waals surface area contributed by atoms with E-state index in [2.05, 4.69) is 20.7 Å². The molecule has 2 aromatic rings. The van der Waals surface area contributed by atoms with Crippen molar-refractivity contribution in [3.05, 3.63) is 45.7 Å². The molecule has 4 nitrogen and oxygen atoms in total. The van der Waals surface area contributed by atoms with Crippen LogP contribution in [0.3, 0.4) is 0 Å². The molecule has 0 fully saturated rings. The average Bonchev–Trinajstić information content (AvgIpc) is 2.83. The third-order valence-corrected chi connectivity index (χ3v) is 5.36. The predicted octanol–water partition coefficient (Wildman–Crippen LogP) is 3.18. The van der Waals surface area contributed by atoms with Crippen molar-refractivity contribution in [2.45, 2.75) is 4.21 Å². The van der Waals surface area contributed by atoms with Crippen molar-refractivity contribution in [3.63, 3.8) is 0 Å². The number of anilines is 1. The standard InChI is InChI=1S/C11H7BrN2O2S2/c12-9-4-3-8(7-13)10(6-9)14-18(15,16)11-2-1-5-17-11/h1-6,14H. The summed E-state index contributed by atoms with van der Waals surface area (Å²) in [5.74, 6) is 0. The molecular formula is C11H7BrN2O2S2. The van der Waals surface area contributed by atoms with Crippen LogP contribution in [0.25, 0.3) is 0 Å². The molecule has 2 rings (SSSR count). The molecule has 0 radical (unpaired) electrons. The van der Waals surface area contributed by atoms with Crippen LogP contribution >= 0.6 is 27.3 Å². The quantitative estimate of drug-likeness (QED) is 0.931. The molecular weight excluding hydrogens is 336 g/mol. The molecule has 0 atom stereocenters. The average molecular weight is 343 g/mol. The minimum atomic E-state index is -3.62. The van der Waals surface area contributed by atoms with Crippen molar-refractivity contribution in [2.75, 3.05) is 4.72 Å². The van der Waals surface area contributed by atoms with Crippen molar-refractivity contribution < 1.29 is 8.42 Å². The van der Waals surface area contributed by atoms with Gasteiger partial charge in [-0.1, -0.05) is 22.0 Å². The molecule has 0 aliphatic carbocycles. The van der Waals surface area contributed by atoms with Crippen molar-refractivity contribution in [1.29, 1.82) is 5.26 Å². The molecule has 7 heteroatoms. The second-order valence-corrected chi connectivity index (χ2v) is 7.11. The summed E-state index contributed by atoms with van der Waals surface area (Å²) in [6.45, 7) is 0. The van der Waals surface area contributed by atoms with Crippen LogP contribution in [0.4, 0.5) is 5.69 Å². The summed E-state index contributed by atoms with van der Waals surface area (Å²) in [5.41, 5.74) is 0.540. The number of nitrogens with one attached hydrogen (secondary N) is 1. The van der Waals surface area contributed by atoms with Gasteiger partial charge in [-0.15, -0.1) is 11.3 Å². The molecule has 0 saturated heterocycles. The SMILES string of the molecule is N#Cc1ccc(Br)cc1NS(=O)(=O)c1cccs1. The first-order valence-electron chi connectivity index (χ1n) is 4.79. The first-order valence-corrected chi connectivity index (χ1v) is 7.94. The van der Waals surface area contributed by atoms with Crippen LogP contribution in [0.5, 0.6) is 0 Å². The Balaban J connectivity index is 2.41. The Morgan fingerprint density at radius 2 is 2.11 bits per heavy atom. The minimum absolute atomic E-state index is 0.214. The lowest BCUT2D eigenvalue weighted by atomic mass is 10.2. The summed E-state index contributed by atoms with van der Waals surface area (Å²) in [6.07, 6.45) is 0. The number of sulfonamides is 1. The highest BCUT2D eigenvalue weighted by Gasteiger charge is 2.17. The zero-order chi connectivity index (χ0) is 13.2. The molecule has 1 N–H and O–H groups in total. The predicted molar refractivity (Wildman–Crippen MR) is 74.0 cm³/mol. The Morgan fingerprint density at radius 1 is 1.33 bits per heavy atom. The van der Waals surface area contributed by atoms with E-state index < -0.39 is 10.0 Å². The zero-order valence-corrected chi connectivity index (χ0v) is 12.1. The number of thiophene rings is 1. The number of hydrogen-bond acceptors (Lipinski definition) is 4. The molecule has 0 amide bonds. The van der Waals surface area contributed by atoms with E-state index in [0.29, 0.717) is 4.47 Å². The maximum Gasteiger partial charge on any atom is 0.271 e. The van der Waals surface area contributed by atoms with Gasteiger partial charge in [0.2, 0.25) is 0 Å². The van der Waals surface area contributed by atoms with Gasteiger partial charge in [0.15, 0.2) is 0 Å². The molecule has 0 aliphatic heterocycles. The monoisotopic (exact) mass is 342 g/mol. The summed E-state index contributed by atoms with van der Waals surface area (Å²) >= 11 is 4.36. The maximum absolute atomic E-state index is 12.0. The second kappa shape index (κ2) is 5.10. The molecule has 0 aliphatic rings. The van der Waals surface area contributed by atoms with Crippen LogP contribution in [0, 0.1) is 11.3 Å². The molecule has 0 spiro atoms. The second-order valence-electron chi connectivity index (χ2n) is 3.34. The maximum atomic E-state index is 12.0. The zero-order valence-electron chi connectivity index (χ0n) is 8.92. The van der Waals surface area contributed by atoms with Gasteiger partial charge < -0.3 is 0 Å². The highest BCUT2D eigenvalue weighted by Crippen LogP contribution is 2.25. The molecule has 18 heavy (non-hydrogen) atoms. The summed E-state index contributed by atoms with van der Waals surface area (Å²) < 4.78 is 27.4. The molecule has 1 aromatic heterocycles. The van der Waals surface area contributed by atoms with E-state index in [0.717, 1.165) is 11.3 Å². The summed E-state index contributed by atoms with van der Waals surface area (Å²) in [6, 6.07) is 9.91. The van der Waals surface area contributed by atoms with Gasteiger partial charge in [0.1, 0.15) is 10.3 Å². The Bertz CT molecular complexity index is 703. The van der Waals surface area contributed by atoms with Crippen LogP contribution in [0.2, 0.25) is 0 Å². The number of halogens is 1. The number of rotatable bonds is 3. The fraction of sp³-hybridized carbons (Fsp3) is 0. The van der Waals surface area contributed by atoms with Gasteiger partial charge in [0, 0.05) is 4.47 Å². The topological polar surface area (TPSA) is 70.0 Å². The summed E-state index contributed by atoms with van der Waals surface area (Å²) in [7, 11) is -3.62. The van der Waals surface area contributed by atoms with Gasteiger partial charge in [-0.3, -0.25) is 4.72 Å². The lowest BCUT2D eigenvalue weighted by Crippen LogP contribution is -2.12. The van der Waals surface area contributed by atoms with Crippen molar-refractivity contribution in [3.8, 4) is 6.07 Å². The van der Waals surface area contributed by atoms with Crippen LogP contribution in [0.1, 0.15) is 5.56 Å². The Labute approximate surface area is 117 Å². The van der Waals surface area contributed by atoms with Crippen molar-refractivity contribution >= 4 is 43.0 Å². The van der Waals surface area contributed by atoms with Gasteiger partial charge >= 0.3 is 0 Å². The van der Waals surface area contributed by atoms with Crippen LogP contribution in [-0.4, -0.2) is 8.42 Å². The van der Waals surface area contributed by atoms with Crippen LogP contribution < -0.4 is 4.72 Å². The first-order chi connectivity index (χ1) is 8.53. The van der Waals surface area contributed by atoms with Crippen LogP contribution in [-0.2, 0) is 10.0 Å². The van der Waals surface area contributed by atoms with Gasteiger partial charge in [0.05, 0.1) is 11.3 Å². The lowest BCUT2D eigenvalue weighted by molar-refractivity contribution is 0.603. The first kappa shape index (κ1) is 13.1. The molecule has 0 bridgehead atoms. The Kier molecular flexibility index (Phi) is 3.71. The molecule has 1 heterocycles. The highest BCUT2D eigenvalue weighted by atomic mass is 79.9. The summed E-state index contributed by atoms with van der Waals surface area (Å²) in [4.78, 5) is 0. The van der Waals surface area contributed by atoms with Gasteiger partial charge in [-0.2, -0.15) is 5.26 Å². The van der Waals surface area contributed by atoms with Gasteiger partial charge in [-0.25, -0.2) is 8.42 Å². The van der Waals surface area contributed by atoms with E-state index in [4.69, 9.17) is 5.26 Å². The fourth-order valence-electron chi connectivity index (χ4n) is 1.31. The largest absolute Gasteiger partial charge is 0.278 e. The number of nitriles is 1. The van der Waals surface area contributed by atoms with E-state index in [-0.39, 0.29) is 15.5 Å². The Morgan fingerprint density at radius 3 is 2.72 bits per heavy atom. The van der Waals surface area contributed by atoms with Crippen molar-refractivity contribution in [2.24, 2.45) is 0 Å². The van der Waals surface area contributed by atoms with E-state index >= 15 is 0 Å². The fourth-order valence-corrected chi connectivity index (χ4v) is 3.73. The molecule has 1 aromatic carbocycles. The number of benzene rings is 1. The molecule has 92 valence electrons. The van der Waals surface area contributed by atoms with E-state index in [1.54, 1.807) is 29.6 Å². The summed E-state index contributed by atoms with van der Waals surface area (Å²) in [5, 5.41) is 10.6. The molecule has 0 saturated carbocycles. The minimum Gasteiger partial charge on any atom is -0.278 e. The molecule has 0 unspecified atom stereocenters. The third kappa shape index (κ3) is 2.72. The van der Waals surface area contributed by atoms with Crippen molar-refractivity contribution in [1.82, 2.24) is 0 Å². The van der Waals surface area contributed by atoms with E-state index in [1.165, 1.54) is 6.07 Å². The van der Waals surface area contributed by atoms with E-state index in [9.17, 15) is 8.42 Å².